The van der Waals surface area contributed by atoms with E-state index in [0.717, 1.165) is 25.7 Å². The fourth-order valence-electron chi connectivity index (χ4n) is 1.76. The lowest BCUT2D eigenvalue weighted by atomic mass is 9.98. The summed E-state index contributed by atoms with van der Waals surface area (Å²) < 4.78 is 4.74. The van der Waals surface area contributed by atoms with Crippen LogP contribution in [0.3, 0.4) is 0 Å². The minimum Gasteiger partial charge on any atom is -0.461 e. The molecule has 0 unspecified atom stereocenters. The second-order valence-electron chi connectivity index (χ2n) is 4.08. The van der Waals surface area contributed by atoms with E-state index < -0.39 is 11.8 Å². The number of rotatable bonds is 6. The third kappa shape index (κ3) is 4.64. The number of esters is 1. The van der Waals surface area contributed by atoms with E-state index in [1.807, 2.05) is 0 Å². The van der Waals surface area contributed by atoms with Crippen molar-refractivity contribution in [3.05, 3.63) is 0 Å². The van der Waals surface area contributed by atoms with E-state index in [2.05, 4.69) is 5.16 Å². The molecule has 6 heteroatoms. The SMILES string of the molecule is CCOC(=O)/C(=N/OC1CCCCC1)C(=O)CCl. The van der Waals surface area contributed by atoms with E-state index in [4.69, 9.17) is 21.2 Å². The highest BCUT2D eigenvalue weighted by atomic mass is 35.5. The molecule has 0 aromatic heterocycles. The molecule has 1 rings (SSSR count). The second-order valence-corrected chi connectivity index (χ2v) is 4.35. The molecule has 0 radical (unpaired) electrons. The van der Waals surface area contributed by atoms with Crippen LogP contribution >= 0.6 is 11.6 Å². The minimum absolute atomic E-state index is 0.0219. The van der Waals surface area contributed by atoms with Gasteiger partial charge >= 0.3 is 5.97 Å². The molecule has 1 aliphatic carbocycles. The Labute approximate surface area is 111 Å². The fourth-order valence-corrected chi connectivity index (χ4v) is 1.89. The highest BCUT2D eigenvalue weighted by molar-refractivity contribution is 6.67. The van der Waals surface area contributed by atoms with Gasteiger partial charge in [0.25, 0.3) is 0 Å². The average Bonchev–Trinajstić information content (AvgIpc) is 2.40. The topological polar surface area (TPSA) is 65.0 Å². The van der Waals surface area contributed by atoms with Gasteiger partial charge in [0.05, 0.1) is 12.5 Å². The maximum Gasteiger partial charge on any atom is 0.364 e. The Kier molecular flexibility index (Phi) is 6.72. The summed E-state index contributed by atoms with van der Waals surface area (Å²) in [5, 5.41) is 3.64. The molecule has 5 nitrogen and oxygen atoms in total. The van der Waals surface area contributed by atoms with Crippen molar-refractivity contribution >= 4 is 29.1 Å². The average molecular weight is 276 g/mol. The molecule has 0 saturated heterocycles. The Hall–Kier alpha value is -1.10. The van der Waals surface area contributed by atoms with Gasteiger partial charge in [-0.05, 0) is 32.6 Å². The standard InChI is InChI=1S/C12H18ClNO4/c1-2-17-12(16)11(10(15)8-13)14-18-9-6-4-3-5-7-9/h9H,2-8H2,1H3/b14-11+. The normalized spacial score (nSPS) is 17.3. The highest BCUT2D eigenvalue weighted by Crippen LogP contribution is 2.20. The summed E-state index contributed by atoms with van der Waals surface area (Å²) in [7, 11) is 0. The van der Waals surface area contributed by atoms with Crippen LogP contribution in [0.25, 0.3) is 0 Å². The van der Waals surface area contributed by atoms with Crippen LogP contribution in [0.1, 0.15) is 39.0 Å². The first-order valence-corrected chi connectivity index (χ1v) is 6.72. The molecule has 1 fully saturated rings. The number of hydrogen-bond donors (Lipinski definition) is 0. The van der Waals surface area contributed by atoms with E-state index in [-0.39, 0.29) is 24.3 Å². The summed E-state index contributed by atoms with van der Waals surface area (Å²) in [6.45, 7) is 1.83. The third-order valence-corrected chi connectivity index (χ3v) is 2.94. The third-order valence-electron chi connectivity index (χ3n) is 2.70. The number of nitrogens with zero attached hydrogens (tertiary/aromatic N) is 1. The molecule has 0 spiro atoms. The van der Waals surface area contributed by atoms with Gasteiger partial charge in [-0.15, -0.1) is 11.6 Å². The molecule has 0 aliphatic heterocycles. The lowest BCUT2D eigenvalue weighted by molar-refractivity contribution is -0.136. The van der Waals surface area contributed by atoms with Crippen LogP contribution in [0.4, 0.5) is 0 Å². The summed E-state index contributed by atoms with van der Waals surface area (Å²) in [6, 6.07) is 0. The number of Topliss-reactive ketones (excluding diaryl/α,β-unsaturated/α-hetero) is 1. The smallest absolute Gasteiger partial charge is 0.364 e. The zero-order valence-electron chi connectivity index (χ0n) is 10.5. The number of halogens is 1. The number of ether oxygens (including phenoxy) is 1. The Morgan fingerprint density at radius 2 is 1.94 bits per heavy atom. The summed E-state index contributed by atoms with van der Waals surface area (Å²) in [4.78, 5) is 28.2. The Balaban J connectivity index is 2.62. The summed E-state index contributed by atoms with van der Waals surface area (Å²) in [5.74, 6) is -1.67. The fraction of sp³-hybridized carbons (Fsp3) is 0.750. The predicted octanol–water partition coefficient (Wildman–Crippen LogP) is 2.06. The van der Waals surface area contributed by atoms with Crippen molar-refractivity contribution in [2.24, 2.45) is 5.16 Å². The molecular weight excluding hydrogens is 258 g/mol. The monoisotopic (exact) mass is 275 g/mol. The van der Waals surface area contributed by atoms with Crippen LogP contribution in [0.2, 0.25) is 0 Å². The van der Waals surface area contributed by atoms with Gasteiger partial charge < -0.3 is 9.57 Å². The van der Waals surface area contributed by atoms with Crippen LogP contribution in [0.15, 0.2) is 5.16 Å². The first-order valence-electron chi connectivity index (χ1n) is 6.19. The van der Waals surface area contributed by atoms with Gasteiger partial charge in [0.1, 0.15) is 6.10 Å². The first-order chi connectivity index (χ1) is 8.69. The number of alkyl halides is 1. The predicted molar refractivity (Wildman–Crippen MR) is 67.8 cm³/mol. The molecule has 0 N–H and O–H groups in total. The Morgan fingerprint density at radius 3 is 2.50 bits per heavy atom. The molecule has 18 heavy (non-hydrogen) atoms. The highest BCUT2D eigenvalue weighted by Gasteiger charge is 2.23. The van der Waals surface area contributed by atoms with E-state index in [1.54, 1.807) is 6.92 Å². The molecular formula is C12H18ClNO4. The number of carbonyl (C=O) groups excluding carboxylic acids is 2. The van der Waals surface area contributed by atoms with Gasteiger partial charge in [-0.3, -0.25) is 4.79 Å². The van der Waals surface area contributed by atoms with Crippen molar-refractivity contribution in [2.45, 2.75) is 45.1 Å². The number of carbonyl (C=O) groups is 2. The second kappa shape index (κ2) is 8.08. The van der Waals surface area contributed by atoms with Gasteiger partial charge in [0.2, 0.25) is 11.5 Å². The van der Waals surface area contributed by atoms with Gasteiger partial charge in [0, 0.05) is 0 Å². The molecule has 102 valence electrons. The van der Waals surface area contributed by atoms with E-state index in [1.165, 1.54) is 6.42 Å². The van der Waals surface area contributed by atoms with Crippen molar-refractivity contribution < 1.29 is 19.2 Å². The number of ketones is 1. The quantitative estimate of drug-likeness (QED) is 0.245. The van der Waals surface area contributed by atoms with Crippen molar-refractivity contribution in [1.29, 1.82) is 0 Å². The van der Waals surface area contributed by atoms with Crippen LogP contribution in [0.5, 0.6) is 0 Å². The van der Waals surface area contributed by atoms with Crippen LogP contribution < -0.4 is 0 Å². The number of hydrogen-bond acceptors (Lipinski definition) is 5. The zero-order chi connectivity index (χ0) is 13.4. The van der Waals surface area contributed by atoms with Crippen LogP contribution in [0, 0.1) is 0 Å². The van der Waals surface area contributed by atoms with Crippen molar-refractivity contribution in [2.75, 3.05) is 12.5 Å². The number of oxime groups is 1. The van der Waals surface area contributed by atoms with Crippen LogP contribution in [-0.2, 0) is 19.2 Å². The lowest BCUT2D eigenvalue weighted by Gasteiger charge is -2.19. The molecule has 1 aliphatic rings. The van der Waals surface area contributed by atoms with Crippen molar-refractivity contribution in [3.8, 4) is 0 Å². The molecule has 1 saturated carbocycles. The van der Waals surface area contributed by atoms with Crippen molar-refractivity contribution in [3.63, 3.8) is 0 Å². The summed E-state index contributed by atoms with van der Waals surface area (Å²) in [5.41, 5.74) is -0.350. The van der Waals surface area contributed by atoms with Gasteiger partial charge in [0.15, 0.2) is 0 Å². The first kappa shape index (κ1) is 15.0. The van der Waals surface area contributed by atoms with Crippen molar-refractivity contribution in [1.82, 2.24) is 0 Å². The van der Waals surface area contributed by atoms with Gasteiger partial charge in [-0.25, -0.2) is 4.79 Å². The van der Waals surface area contributed by atoms with Crippen LogP contribution in [-0.4, -0.2) is 36.1 Å². The molecule has 0 aromatic rings. The largest absolute Gasteiger partial charge is 0.461 e. The Bertz CT molecular complexity index is 324. The van der Waals surface area contributed by atoms with E-state index in [9.17, 15) is 9.59 Å². The maximum absolute atomic E-state index is 11.5. The molecule has 0 atom stereocenters. The molecule has 0 heterocycles. The van der Waals surface area contributed by atoms with E-state index in [0.29, 0.717) is 0 Å². The summed E-state index contributed by atoms with van der Waals surface area (Å²) >= 11 is 5.42. The Morgan fingerprint density at radius 1 is 1.28 bits per heavy atom. The van der Waals surface area contributed by atoms with Gasteiger partial charge in [-0.1, -0.05) is 11.6 Å². The van der Waals surface area contributed by atoms with E-state index >= 15 is 0 Å². The molecule has 0 amide bonds. The maximum atomic E-state index is 11.5. The molecule has 0 bridgehead atoms. The minimum atomic E-state index is -0.779. The zero-order valence-corrected chi connectivity index (χ0v) is 11.2. The summed E-state index contributed by atoms with van der Waals surface area (Å²) in [6.07, 6.45) is 5.13. The van der Waals surface area contributed by atoms with Gasteiger partial charge in [-0.2, -0.15) is 0 Å². The molecule has 0 aromatic carbocycles. The lowest BCUT2D eigenvalue weighted by Crippen LogP contribution is -2.28.